The quantitative estimate of drug-likeness (QED) is 0.852. The molecule has 0 radical (unpaired) electrons. The van der Waals surface area contributed by atoms with Gasteiger partial charge in [0.15, 0.2) is 0 Å². The number of benzene rings is 2. The second-order valence-electron chi connectivity index (χ2n) is 3.57. The van der Waals surface area contributed by atoms with Crippen molar-refractivity contribution < 1.29 is 4.74 Å². The lowest BCUT2D eigenvalue weighted by molar-refractivity contribution is 0.483. The number of halogens is 2. The average Bonchev–Trinajstić information content (AvgIpc) is 2.31. The summed E-state index contributed by atoms with van der Waals surface area (Å²) in [6, 6.07) is 12.2. The predicted molar refractivity (Wildman–Crippen MR) is 78.9 cm³/mol. The highest BCUT2D eigenvalue weighted by Crippen LogP contribution is 2.31. The van der Waals surface area contributed by atoms with Crippen molar-refractivity contribution in [1.82, 2.24) is 0 Å². The smallest absolute Gasteiger partial charge is 0.146 e. The summed E-state index contributed by atoms with van der Waals surface area (Å²) in [5.41, 5.74) is 6.22. The summed E-state index contributed by atoms with van der Waals surface area (Å²) < 4.78 is 5.62. The maximum Gasteiger partial charge on any atom is 0.146 e. The Bertz CT molecular complexity index is 601. The molecule has 0 spiro atoms. The maximum absolute atomic E-state index is 6.09. The molecule has 0 aliphatic rings. The summed E-state index contributed by atoms with van der Waals surface area (Å²) in [6.45, 7) is 0. The third kappa shape index (κ3) is 3.13. The second-order valence-corrected chi connectivity index (χ2v) is 4.85. The lowest BCUT2D eigenvalue weighted by Crippen LogP contribution is -2.08. The summed E-state index contributed by atoms with van der Waals surface area (Å²) >= 11 is 16.8. The number of hydrogen-bond acceptors (Lipinski definition) is 2. The van der Waals surface area contributed by atoms with Crippen LogP contribution in [0.5, 0.6) is 11.5 Å². The lowest BCUT2D eigenvalue weighted by Gasteiger charge is -2.09. The zero-order valence-electron chi connectivity index (χ0n) is 9.19. The minimum Gasteiger partial charge on any atom is -0.456 e. The molecule has 0 aromatic heterocycles. The van der Waals surface area contributed by atoms with E-state index in [1.807, 2.05) is 0 Å². The zero-order chi connectivity index (χ0) is 13.1. The molecule has 2 aromatic carbocycles. The van der Waals surface area contributed by atoms with E-state index < -0.39 is 0 Å². The lowest BCUT2D eigenvalue weighted by atomic mass is 10.2. The summed E-state index contributed by atoms with van der Waals surface area (Å²) in [5, 5.41) is 1.05. The fourth-order valence-corrected chi connectivity index (χ4v) is 1.92. The average molecular weight is 298 g/mol. The van der Waals surface area contributed by atoms with Gasteiger partial charge in [-0.15, -0.1) is 0 Å². The monoisotopic (exact) mass is 297 g/mol. The molecule has 0 saturated heterocycles. The Hall–Kier alpha value is -1.29. The maximum atomic E-state index is 6.09. The second kappa shape index (κ2) is 5.57. The van der Waals surface area contributed by atoms with E-state index in [4.69, 9.17) is 45.9 Å². The summed E-state index contributed by atoms with van der Waals surface area (Å²) in [5.74, 6) is 1.14. The van der Waals surface area contributed by atoms with Gasteiger partial charge in [-0.05, 0) is 36.4 Å². The Labute approximate surface area is 120 Å². The minimum atomic E-state index is 0.297. The van der Waals surface area contributed by atoms with E-state index >= 15 is 0 Å². The van der Waals surface area contributed by atoms with Gasteiger partial charge in [0.25, 0.3) is 0 Å². The van der Waals surface area contributed by atoms with E-state index in [-0.39, 0.29) is 0 Å². The molecule has 5 heteroatoms. The van der Waals surface area contributed by atoms with Gasteiger partial charge in [-0.3, -0.25) is 0 Å². The van der Waals surface area contributed by atoms with E-state index in [1.165, 1.54) is 0 Å². The van der Waals surface area contributed by atoms with Crippen LogP contribution in [-0.4, -0.2) is 4.99 Å². The van der Waals surface area contributed by atoms with E-state index in [0.717, 1.165) is 0 Å². The first-order valence-corrected chi connectivity index (χ1v) is 6.25. The van der Waals surface area contributed by atoms with Gasteiger partial charge >= 0.3 is 0 Å². The van der Waals surface area contributed by atoms with Crippen molar-refractivity contribution in [2.45, 2.75) is 0 Å². The highest BCUT2D eigenvalue weighted by Gasteiger charge is 2.06. The van der Waals surface area contributed by atoms with Crippen molar-refractivity contribution >= 4 is 40.4 Å². The summed E-state index contributed by atoms with van der Waals surface area (Å²) in [7, 11) is 0. The van der Waals surface area contributed by atoms with Crippen LogP contribution in [-0.2, 0) is 0 Å². The largest absolute Gasteiger partial charge is 0.456 e. The van der Waals surface area contributed by atoms with Gasteiger partial charge in [0.1, 0.15) is 16.5 Å². The van der Waals surface area contributed by atoms with Gasteiger partial charge in [0.2, 0.25) is 0 Å². The summed E-state index contributed by atoms with van der Waals surface area (Å²) in [6.07, 6.45) is 0. The van der Waals surface area contributed by atoms with Gasteiger partial charge in [0, 0.05) is 10.6 Å². The fraction of sp³-hybridized carbons (Fsp3) is 0. The molecule has 92 valence electrons. The topological polar surface area (TPSA) is 35.2 Å². The molecule has 0 bridgehead atoms. The molecule has 0 saturated carbocycles. The molecule has 2 aromatic rings. The molecule has 0 unspecified atom stereocenters. The SMILES string of the molecule is NC(=S)c1ccc(Oc2cccc(Cl)c2)c(Cl)c1. The van der Waals surface area contributed by atoms with Crippen LogP contribution >= 0.6 is 35.4 Å². The van der Waals surface area contributed by atoms with E-state index in [2.05, 4.69) is 0 Å². The van der Waals surface area contributed by atoms with Gasteiger partial charge in [0.05, 0.1) is 5.02 Å². The van der Waals surface area contributed by atoms with Crippen molar-refractivity contribution in [1.29, 1.82) is 0 Å². The van der Waals surface area contributed by atoms with Crippen molar-refractivity contribution in [3.05, 3.63) is 58.1 Å². The highest BCUT2D eigenvalue weighted by molar-refractivity contribution is 7.80. The first-order chi connectivity index (χ1) is 8.56. The Balaban J connectivity index is 2.27. The molecular formula is C13H9Cl2NOS. The van der Waals surface area contributed by atoms with Gasteiger partial charge < -0.3 is 10.5 Å². The molecule has 0 atom stereocenters. The van der Waals surface area contributed by atoms with Crippen LogP contribution < -0.4 is 10.5 Å². The normalized spacial score (nSPS) is 10.1. The molecule has 2 N–H and O–H groups in total. The predicted octanol–water partition coefficient (Wildman–Crippen LogP) is 4.42. The number of nitrogens with two attached hydrogens (primary N) is 1. The van der Waals surface area contributed by atoms with Crippen molar-refractivity contribution in [2.24, 2.45) is 5.73 Å². The Morgan fingerprint density at radius 3 is 2.50 bits per heavy atom. The van der Waals surface area contributed by atoms with Crippen molar-refractivity contribution in [3.63, 3.8) is 0 Å². The molecule has 0 fully saturated rings. The first kappa shape index (κ1) is 13.1. The zero-order valence-corrected chi connectivity index (χ0v) is 11.5. The standard InChI is InChI=1S/C13H9Cl2NOS/c14-9-2-1-3-10(7-9)17-12-5-4-8(13(16)18)6-11(12)15/h1-7H,(H2,16,18). The molecule has 2 rings (SSSR count). The number of hydrogen-bond donors (Lipinski definition) is 1. The Kier molecular flexibility index (Phi) is 4.07. The molecule has 0 aliphatic carbocycles. The van der Waals surface area contributed by atoms with Gasteiger partial charge in [-0.2, -0.15) is 0 Å². The van der Waals surface area contributed by atoms with Crippen LogP contribution in [0.3, 0.4) is 0 Å². The third-order valence-electron chi connectivity index (χ3n) is 2.24. The molecule has 18 heavy (non-hydrogen) atoms. The van der Waals surface area contributed by atoms with E-state index in [1.54, 1.807) is 42.5 Å². The van der Waals surface area contributed by atoms with Gasteiger partial charge in [-0.1, -0.05) is 41.5 Å². The van der Waals surface area contributed by atoms with E-state index in [0.29, 0.717) is 32.1 Å². The van der Waals surface area contributed by atoms with E-state index in [9.17, 15) is 0 Å². The Morgan fingerprint density at radius 2 is 1.89 bits per heavy atom. The number of thiocarbonyl (C=S) groups is 1. The number of ether oxygens (including phenoxy) is 1. The first-order valence-electron chi connectivity index (χ1n) is 5.09. The summed E-state index contributed by atoms with van der Waals surface area (Å²) in [4.78, 5) is 0.297. The van der Waals surface area contributed by atoms with Crippen molar-refractivity contribution in [3.8, 4) is 11.5 Å². The highest BCUT2D eigenvalue weighted by atomic mass is 35.5. The molecular weight excluding hydrogens is 289 g/mol. The van der Waals surface area contributed by atoms with Crippen LogP contribution in [0.1, 0.15) is 5.56 Å². The van der Waals surface area contributed by atoms with Crippen LogP contribution in [0.25, 0.3) is 0 Å². The molecule has 0 heterocycles. The van der Waals surface area contributed by atoms with Crippen LogP contribution in [0.15, 0.2) is 42.5 Å². The van der Waals surface area contributed by atoms with Crippen molar-refractivity contribution in [2.75, 3.05) is 0 Å². The fourth-order valence-electron chi connectivity index (χ4n) is 1.39. The van der Waals surface area contributed by atoms with Crippen LogP contribution in [0.4, 0.5) is 0 Å². The van der Waals surface area contributed by atoms with Crippen LogP contribution in [0.2, 0.25) is 10.0 Å². The van der Waals surface area contributed by atoms with Crippen LogP contribution in [0, 0.1) is 0 Å². The molecule has 0 aliphatic heterocycles. The third-order valence-corrected chi connectivity index (χ3v) is 3.01. The Morgan fingerprint density at radius 1 is 1.11 bits per heavy atom. The minimum absolute atomic E-state index is 0.297. The van der Waals surface area contributed by atoms with Gasteiger partial charge in [-0.25, -0.2) is 0 Å². The molecule has 0 amide bonds. The molecule has 2 nitrogen and oxygen atoms in total. The number of rotatable bonds is 3.